The van der Waals surface area contributed by atoms with E-state index in [2.05, 4.69) is 108 Å². The van der Waals surface area contributed by atoms with Crippen molar-refractivity contribution in [3.63, 3.8) is 0 Å². The molecule has 2 unspecified atom stereocenters. The van der Waals surface area contributed by atoms with Gasteiger partial charge in [0, 0.05) is 20.0 Å². The van der Waals surface area contributed by atoms with E-state index in [-0.39, 0.29) is 12.2 Å². The lowest BCUT2D eigenvalue weighted by Gasteiger charge is -2.22. The topological polar surface area (TPSA) is 35.5 Å². The number of unbranched alkanes of at least 4 members (excludes halogenated alkanes) is 8. The van der Waals surface area contributed by atoms with E-state index in [1.165, 1.54) is 69.6 Å². The summed E-state index contributed by atoms with van der Waals surface area (Å²) in [4.78, 5) is 13.0. The van der Waals surface area contributed by atoms with Gasteiger partial charge in [-0.25, -0.2) is 4.79 Å². The van der Waals surface area contributed by atoms with Crippen molar-refractivity contribution in [3.8, 4) is 0 Å². The first-order valence-corrected chi connectivity index (χ1v) is 16.0. The van der Waals surface area contributed by atoms with Gasteiger partial charge in [0.1, 0.15) is 12.2 Å². The largest absolute Gasteiger partial charge is 0.508 e. The van der Waals surface area contributed by atoms with Crippen molar-refractivity contribution in [2.45, 2.75) is 116 Å². The number of ether oxygens (including phenoxy) is 2. The van der Waals surface area contributed by atoms with Crippen LogP contribution in [0.3, 0.4) is 0 Å². The van der Waals surface area contributed by atoms with Crippen molar-refractivity contribution < 1.29 is 14.3 Å². The first kappa shape index (κ1) is 31.4. The lowest BCUT2D eigenvalue weighted by Crippen LogP contribution is -2.26. The van der Waals surface area contributed by atoms with E-state index >= 15 is 0 Å². The molecule has 0 aliphatic carbocycles. The molecule has 0 bridgehead atoms. The summed E-state index contributed by atoms with van der Waals surface area (Å²) in [6.45, 7) is 4.46. The molecule has 0 saturated carbocycles. The molecule has 36 heavy (non-hydrogen) atoms. The predicted molar refractivity (Wildman–Crippen MR) is 168 cm³/mol. The molecule has 2 aromatic rings. The Morgan fingerprint density at radius 3 is 1.33 bits per heavy atom. The minimum absolute atomic E-state index is 0.150. The molecule has 0 fully saturated rings. The Morgan fingerprint density at radius 1 is 0.611 bits per heavy atom. The normalized spacial score (nSPS) is 12.8. The van der Waals surface area contributed by atoms with Gasteiger partial charge in [-0.3, -0.25) is 0 Å². The highest BCUT2D eigenvalue weighted by atomic mass is 127. The second-order valence-electron chi connectivity index (χ2n) is 9.80. The molecule has 200 valence electrons. The third-order valence-corrected chi connectivity index (χ3v) is 7.98. The molecule has 0 aliphatic heterocycles. The summed E-state index contributed by atoms with van der Waals surface area (Å²) >= 11 is 4.64. The van der Waals surface area contributed by atoms with Crippen LogP contribution in [-0.2, 0) is 22.3 Å². The van der Waals surface area contributed by atoms with Crippen molar-refractivity contribution in [2.24, 2.45) is 0 Å². The molecule has 0 radical (unpaired) electrons. The minimum Gasteiger partial charge on any atom is -0.431 e. The second kappa shape index (κ2) is 19.3. The SMILES string of the molecule is CCCCCCCC(Cc1ccc(I)cc1)OC(=O)OC(CCCCCCC)Cc1ccc(I)cc1. The standard InChI is InChI=1S/C31H44I2O3/c1-3-5-7-9-11-13-29(23-25-15-19-27(32)20-16-25)35-31(34)36-30(14-12-10-8-6-4-2)24-26-17-21-28(33)22-18-26/h15-22,29-30H,3-14,23-24H2,1-2H3. The fourth-order valence-corrected chi connectivity index (χ4v) is 5.14. The van der Waals surface area contributed by atoms with Gasteiger partial charge < -0.3 is 9.47 Å². The average molecular weight is 718 g/mol. The third-order valence-electron chi connectivity index (χ3n) is 6.54. The Hall–Kier alpha value is -0.830. The molecule has 0 spiro atoms. The van der Waals surface area contributed by atoms with Gasteiger partial charge in [-0.15, -0.1) is 0 Å². The quantitative estimate of drug-likeness (QED) is 0.0875. The molecule has 0 aromatic heterocycles. The van der Waals surface area contributed by atoms with E-state index in [9.17, 15) is 4.79 Å². The Balaban J connectivity index is 1.97. The molecule has 2 atom stereocenters. The number of benzene rings is 2. The monoisotopic (exact) mass is 718 g/mol. The van der Waals surface area contributed by atoms with Crippen LogP contribution < -0.4 is 0 Å². The first-order chi connectivity index (χ1) is 17.5. The van der Waals surface area contributed by atoms with E-state index in [0.29, 0.717) is 0 Å². The zero-order chi connectivity index (χ0) is 26.0. The fraction of sp³-hybridized carbons (Fsp3) is 0.581. The predicted octanol–water partition coefficient (Wildman–Crippen LogP) is 10.3. The van der Waals surface area contributed by atoms with Crippen LogP contribution in [0.1, 0.15) is 102 Å². The summed E-state index contributed by atoms with van der Waals surface area (Å²) in [6, 6.07) is 17.0. The minimum atomic E-state index is -0.511. The molecule has 3 nitrogen and oxygen atoms in total. The van der Waals surface area contributed by atoms with Crippen LogP contribution >= 0.6 is 45.2 Å². The summed E-state index contributed by atoms with van der Waals surface area (Å²) in [5.74, 6) is 0. The Labute approximate surface area is 246 Å². The lowest BCUT2D eigenvalue weighted by atomic mass is 10.0. The number of carbonyl (C=O) groups excluding carboxylic acids is 1. The Morgan fingerprint density at radius 2 is 0.972 bits per heavy atom. The molecule has 5 heteroatoms. The summed E-state index contributed by atoms with van der Waals surface area (Å²) in [7, 11) is 0. The van der Waals surface area contributed by atoms with Gasteiger partial charge >= 0.3 is 6.16 Å². The van der Waals surface area contributed by atoms with E-state index in [4.69, 9.17) is 9.47 Å². The molecular formula is C31H44I2O3. The van der Waals surface area contributed by atoms with Crippen molar-refractivity contribution in [2.75, 3.05) is 0 Å². The molecule has 2 aromatic carbocycles. The van der Waals surface area contributed by atoms with Crippen LogP contribution in [0.15, 0.2) is 48.5 Å². The number of carbonyl (C=O) groups is 1. The molecule has 0 saturated heterocycles. The molecule has 0 heterocycles. The van der Waals surface area contributed by atoms with E-state index in [1.54, 1.807) is 0 Å². The Kier molecular flexibility index (Phi) is 16.8. The maximum Gasteiger partial charge on any atom is 0.508 e. The van der Waals surface area contributed by atoms with E-state index in [0.717, 1.165) is 38.5 Å². The number of hydrogen-bond donors (Lipinski definition) is 0. The maximum atomic E-state index is 13.0. The maximum absolute atomic E-state index is 13.0. The van der Waals surface area contributed by atoms with Crippen LogP contribution in [0.5, 0.6) is 0 Å². The van der Waals surface area contributed by atoms with Crippen molar-refractivity contribution in [3.05, 3.63) is 66.8 Å². The fourth-order valence-electron chi connectivity index (χ4n) is 4.42. The van der Waals surface area contributed by atoms with Gasteiger partial charge in [0.25, 0.3) is 0 Å². The van der Waals surface area contributed by atoms with Crippen LogP contribution in [0, 0.1) is 7.14 Å². The summed E-state index contributed by atoms with van der Waals surface area (Å²) in [5, 5.41) is 0. The van der Waals surface area contributed by atoms with E-state index in [1.807, 2.05) is 0 Å². The van der Waals surface area contributed by atoms with E-state index < -0.39 is 6.16 Å². The van der Waals surface area contributed by atoms with Crippen LogP contribution in [0.25, 0.3) is 0 Å². The summed E-state index contributed by atoms with van der Waals surface area (Å²) in [6.07, 6.45) is 14.4. The van der Waals surface area contributed by atoms with Crippen LogP contribution in [0.2, 0.25) is 0 Å². The summed E-state index contributed by atoms with van der Waals surface area (Å²) in [5.41, 5.74) is 2.40. The van der Waals surface area contributed by atoms with Gasteiger partial charge in [0.05, 0.1) is 0 Å². The van der Waals surface area contributed by atoms with Gasteiger partial charge in [-0.1, -0.05) is 89.5 Å². The number of halogens is 2. The zero-order valence-corrected chi connectivity index (χ0v) is 26.5. The second-order valence-corrected chi connectivity index (χ2v) is 12.3. The molecule has 2 rings (SSSR count). The molecule has 0 amide bonds. The van der Waals surface area contributed by atoms with Crippen molar-refractivity contribution in [1.29, 1.82) is 0 Å². The van der Waals surface area contributed by atoms with Crippen molar-refractivity contribution >= 4 is 51.3 Å². The zero-order valence-electron chi connectivity index (χ0n) is 22.2. The highest BCUT2D eigenvalue weighted by Gasteiger charge is 2.21. The first-order valence-electron chi connectivity index (χ1n) is 13.9. The van der Waals surface area contributed by atoms with Gasteiger partial charge in [-0.05, 0) is 106 Å². The van der Waals surface area contributed by atoms with Gasteiger partial charge in [-0.2, -0.15) is 0 Å². The molecular weight excluding hydrogens is 674 g/mol. The molecule has 0 N–H and O–H groups in total. The molecule has 0 aliphatic rings. The number of hydrogen-bond acceptors (Lipinski definition) is 3. The van der Waals surface area contributed by atoms with Crippen molar-refractivity contribution in [1.82, 2.24) is 0 Å². The highest BCUT2D eigenvalue weighted by molar-refractivity contribution is 14.1. The highest BCUT2D eigenvalue weighted by Crippen LogP contribution is 2.20. The number of rotatable bonds is 18. The van der Waals surface area contributed by atoms with Gasteiger partial charge in [0.15, 0.2) is 0 Å². The Bertz CT molecular complexity index is 766. The van der Waals surface area contributed by atoms with Crippen LogP contribution in [-0.4, -0.2) is 18.4 Å². The summed E-state index contributed by atoms with van der Waals surface area (Å²) < 4.78 is 14.3. The average Bonchev–Trinajstić information content (AvgIpc) is 2.86. The lowest BCUT2D eigenvalue weighted by molar-refractivity contribution is -0.00660. The van der Waals surface area contributed by atoms with Gasteiger partial charge in [0.2, 0.25) is 0 Å². The van der Waals surface area contributed by atoms with Crippen LogP contribution in [0.4, 0.5) is 4.79 Å². The third kappa shape index (κ3) is 14.2. The smallest absolute Gasteiger partial charge is 0.431 e.